The molecule has 1 aliphatic heterocycles. The lowest BCUT2D eigenvalue weighted by Crippen LogP contribution is -2.31. The zero-order chi connectivity index (χ0) is 21.7. The van der Waals surface area contributed by atoms with E-state index >= 15 is 0 Å². The Hall–Kier alpha value is -3.33. The zero-order valence-corrected chi connectivity index (χ0v) is 16.2. The van der Waals surface area contributed by atoms with Crippen LogP contribution in [0.3, 0.4) is 0 Å². The molecule has 8 nitrogen and oxygen atoms in total. The highest BCUT2D eigenvalue weighted by molar-refractivity contribution is 8.14. The van der Waals surface area contributed by atoms with E-state index in [4.69, 9.17) is 6.52 Å². The van der Waals surface area contributed by atoms with Crippen LogP contribution in [-0.2, 0) is 9.59 Å². The maximum Gasteiger partial charge on any atom is 0.335 e. The van der Waals surface area contributed by atoms with E-state index in [0.29, 0.717) is 0 Å². The van der Waals surface area contributed by atoms with Crippen LogP contribution >= 0.6 is 11.8 Å². The molecule has 148 valence electrons. The number of nitrogens with one attached hydrogen (secondary N) is 1. The number of hydrogen-bond donors (Lipinski definition) is 2. The van der Waals surface area contributed by atoms with E-state index in [1.807, 2.05) is 37.3 Å². The minimum Gasteiger partial charge on any atom is -0.478 e. The fourth-order valence-corrected chi connectivity index (χ4v) is 3.61. The van der Waals surface area contributed by atoms with Crippen molar-refractivity contribution in [3.05, 3.63) is 65.7 Å². The molecule has 2 atom stereocenters. The van der Waals surface area contributed by atoms with Crippen LogP contribution in [0.2, 0.25) is 1.41 Å². The fourth-order valence-electron chi connectivity index (χ4n) is 2.83. The van der Waals surface area contributed by atoms with Gasteiger partial charge in [-0.3, -0.25) is 15.0 Å². The number of carbonyl (C=O) groups is 3. The summed E-state index contributed by atoms with van der Waals surface area (Å²) in [6, 6.07) is 14.8. The van der Waals surface area contributed by atoms with Crippen molar-refractivity contribution < 1.29 is 20.9 Å². The highest BCUT2D eigenvalue weighted by atomic mass is 32.2. The fraction of sp³-hybridized carbons (Fsp3) is 0.200. The van der Waals surface area contributed by atoms with E-state index in [1.54, 1.807) is 0 Å². The van der Waals surface area contributed by atoms with Crippen LogP contribution in [0.4, 0.5) is 5.69 Å². The molecular weight excluding hydrogens is 392 g/mol. The number of carbonyl (C=O) groups excluding carboxylic acids is 2. The molecule has 29 heavy (non-hydrogen) atoms. The molecule has 1 fully saturated rings. The summed E-state index contributed by atoms with van der Waals surface area (Å²) in [5, 5.41) is 19.7. The third kappa shape index (κ3) is 4.75. The predicted octanol–water partition coefficient (Wildman–Crippen LogP) is 3.90. The number of amides is 2. The molecule has 2 amide bonds. The Labute approximate surface area is 172 Å². The number of azo groups is 1. The molecule has 2 N–H and O–H groups in total. The molecule has 0 aliphatic carbocycles. The molecule has 2 aromatic carbocycles. The molecule has 1 heterocycles. The van der Waals surface area contributed by atoms with Crippen LogP contribution in [0, 0.1) is 5.40 Å². The first-order valence-corrected chi connectivity index (χ1v) is 9.63. The van der Waals surface area contributed by atoms with Gasteiger partial charge in [0.25, 0.3) is 0 Å². The Balaban J connectivity index is 1.71. The second kappa shape index (κ2) is 8.78. The van der Waals surface area contributed by atoms with E-state index in [1.165, 1.54) is 24.3 Å². The number of carboxylic acid groups (broad SMARTS) is 1. The molecular formula is C20H18N4O4S. The van der Waals surface area contributed by atoms with Gasteiger partial charge in [-0.15, -0.1) is 5.11 Å². The first-order chi connectivity index (χ1) is 14.4. The molecule has 0 bridgehead atoms. The van der Waals surface area contributed by atoms with Crippen molar-refractivity contribution in [3.8, 4) is 0 Å². The third-order valence-corrected chi connectivity index (χ3v) is 5.25. The van der Waals surface area contributed by atoms with E-state index < -0.39 is 23.0 Å². The number of amidine groups is 1. The van der Waals surface area contributed by atoms with Gasteiger partial charge in [0.15, 0.2) is 1.41 Å². The summed E-state index contributed by atoms with van der Waals surface area (Å²) in [5.74, 6) is -2.13. The van der Waals surface area contributed by atoms with E-state index in [2.05, 4.69) is 15.6 Å². The highest BCUT2D eigenvalue weighted by Gasteiger charge is 2.40. The number of nitrogens with zero attached hydrogens (tertiary/aromatic N) is 3. The summed E-state index contributed by atoms with van der Waals surface area (Å²) in [4.78, 5) is 37.3. The van der Waals surface area contributed by atoms with Crippen molar-refractivity contribution >= 4 is 40.4 Å². The average molecular weight is 410 g/mol. The highest BCUT2D eigenvalue weighted by Crippen LogP contribution is 2.31. The molecule has 2 aromatic rings. The molecule has 2 unspecified atom stereocenters. The standard InChI is InChI=1S/C20H18N4O4S/c1-12(13-6-3-2-4-7-13)22-23-20(21)29-16-11-17(25)24(18(16)26)15-9-5-8-14(10-15)19(27)28/h2-10,12,16,21H,11H2,1H3,(H,27,28)/b21-20+,23-22?. The normalized spacial score (nSPS) is 18.9. The summed E-state index contributed by atoms with van der Waals surface area (Å²) in [5.41, 5.74) is 1.10. The Kier molecular flexibility index (Phi) is 5.76. The second-order valence-electron chi connectivity index (χ2n) is 6.32. The van der Waals surface area contributed by atoms with Crippen molar-refractivity contribution in [2.75, 3.05) is 4.90 Å². The smallest absolute Gasteiger partial charge is 0.335 e. The quantitative estimate of drug-likeness (QED) is 0.335. The Morgan fingerprint density at radius 1 is 1.28 bits per heavy atom. The van der Waals surface area contributed by atoms with Gasteiger partial charge in [-0.1, -0.05) is 48.2 Å². The number of benzene rings is 2. The summed E-state index contributed by atoms with van der Waals surface area (Å²) < 4.78 is 7.32. The monoisotopic (exact) mass is 410 g/mol. The maximum atomic E-state index is 12.8. The van der Waals surface area contributed by atoms with Crippen LogP contribution in [0.5, 0.6) is 0 Å². The van der Waals surface area contributed by atoms with Gasteiger partial charge in [0.05, 0.1) is 17.3 Å². The molecule has 1 saturated heterocycles. The lowest BCUT2D eigenvalue weighted by atomic mass is 10.1. The van der Waals surface area contributed by atoms with E-state index in [-0.39, 0.29) is 28.9 Å². The second-order valence-corrected chi connectivity index (χ2v) is 7.49. The molecule has 0 aromatic heterocycles. The van der Waals surface area contributed by atoms with Crippen molar-refractivity contribution in [3.63, 3.8) is 0 Å². The molecule has 1 aliphatic rings. The number of carboxylic acids is 1. The average Bonchev–Trinajstić information content (AvgIpc) is 3.04. The van der Waals surface area contributed by atoms with Crippen molar-refractivity contribution in [2.45, 2.75) is 24.6 Å². The third-order valence-electron chi connectivity index (χ3n) is 4.30. The number of thioether (sulfide) groups is 1. The molecule has 0 saturated carbocycles. The molecule has 9 heteroatoms. The summed E-state index contributed by atoms with van der Waals surface area (Å²) in [6.45, 7) is 1.84. The lowest BCUT2D eigenvalue weighted by molar-refractivity contribution is -0.121. The number of anilines is 1. The first kappa shape index (κ1) is 19.0. The van der Waals surface area contributed by atoms with Crippen LogP contribution < -0.4 is 4.90 Å². The zero-order valence-electron chi connectivity index (χ0n) is 16.4. The van der Waals surface area contributed by atoms with Gasteiger partial charge in [-0.2, -0.15) is 5.11 Å². The van der Waals surface area contributed by atoms with E-state index in [0.717, 1.165) is 22.2 Å². The Bertz CT molecular complexity index is 1030. The number of imide groups is 1. The van der Waals surface area contributed by atoms with Gasteiger partial charge in [-0.05, 0) is 30.7 Å². The van der Waals surface area contributed by atoms with Gasteiger partial charge in [0.1, 0.15) is 5.25 Å². The lowest BCUT2D eigenvalue weighted by Gasteiger charge is -2.15. The number of rotatable bonds is 5. The first-order valence-electron chi connectivity index (χ1n) is 9.20. The van der Waals surface area contributed by atoms with Gasteiger partial charge in [-0.25, -0.2) is 9.69 Å². The minimum absolute atomic E-state index is 0.0266. The predicted molar refractivity (Wildman–Crippen MR) is 109 cm³/mol. The van der Waals surface area contributed by atoms with Gasteiger partial charge in [0, 0.05) is 6.42 Å². The number of aromatic carboxylic acids is 1. The van der Waals surface area contributed by atoms with Crippen molar-refractivity contribution in [1.29, 1.82) is 5.40 Å². The van der Waals surface area contributed by atoms with Crippen LogP contribution in [0.25, 0.3) is 0 Å². The Morgan fingerprint density at radius 2 is 2.03 bits per heavy atom. The van der Waals surface area contributed by atoms with Crippen LogP contribution in [0.1, 0.15) is 35.3 Å². The van der Waals surface area contributed by atoms with Gasteiger partial charge < -0.3 is 5.11 Å². The SMILES string of the molecule is [H]/N=C(\N=NC(C)c1ccccc1)SC1CC(=O)N(c2cccc(C(=O)O)c2)C1=O. The van der Waals surface area contributed by atoms with Crippen LogP contribution in [0.15, 0.2) is 64.8 Å². The molecule has 3 rings (SSSR count). The summed E-state index contributed by atoms with van der Waals surface area (Å²) in [7, 11) is 0. The maximum absolute atomic E-state index is 12.8. The van der Waals surface area contributed by atoms with Crippen molar-refractivity contribution in [1.82, 2.24) is 0 Å². The summed E-state index contributed by atoms with van der Waals surface area (Å²) in [6.07, 6.45) is -0.108. The minimum atomic E-state index is -1.15. The van der Waals surface area contributed by atoms with Crippen LogP contribution in [-0.4, -0.2) is 33.3 Å². The van der Waals surface area contributed by atoms with Gasteiger partial charge >= 0.3 is 5.97 Å². The molecule has 0 spiro atoms. The van der Waals surface area contributed by atoms with Crippen molar-refractivity contribution in [2.24, 2.45) is 10.2 Å². The largest absolute Gasteiger partial charge is 0.478 e. The summed E-state index contributed by atoms with van der Waals surface area (Å²) >= 11 is 0.884. The van der Waals surface area contributed by atoms with Gasteiger partial charge in [0.2, 0.25) is 17.0 Å². The Morgan fingerprint density at radius 3 is 2.72 bits per heavy atom. The topological polar surface area (TPSA) is 123 Å². The number of hydrogen-bond acceptors (Lipinski definition) is 6. The molecule has 0 radical (unpaired) electrons. The van der Waals surface area contributed by atoms with E-state index in [9.17, 15) is 14.4 Å².